The Balaban J connectivity index is 2.02. The molecule has 2 aromatic rings. The van der Waals surface area contributed by atoms with Gasteiger partial charge in [0.1, 0.15) is 0 Å². The van der Waals surface area contributed by atoms with Gasteiger partial charge in [0.05, 0.1) is 5.69 Å². The van der Waals surface area contributed by atoms with Crippen LogP contribution in [0.2, 0.25) is 5.15 Å². The molecule has 1 N–H and O–H groups in total. The normalized spacial score (nSPS) is 10.6. The standard InChI is InChI=1S/C14H18ClN3/c1-3-7-18-8-5-12(10-18)9-17-13-11(2)4-6-16-14(13)15/h4-6,8,10,17H,3,7,9H2,1-2H3. The highest BCUT2D eigenvalue weighted by atomic mass is 35.5. The minimum Gasteiger partial charge on any atom is -0.378 e. The van der Waals surface area contributed by atoms with Crippen LogP contribution in [0, 0.1) is 6.92 Å². The number of nitrogens with zero attached hydrogens (tertiary/aromatic N) is 2. The van der Waals surface area contributed by atoms with Crippen LogP contribution in [0.25, 0.3) is 0 Å². The summed E-state index contributed by atoms with van der Waals surface area (Å²) in [7, 11) is 0. The van der Waals surface area contributed by atoms with E-state index in [0.29, 0.717) is 5.15 Å². The van der Waals surface area contributed by atoms with E-state index in [1.807, 2.05) is 13.0 Å². The SMILES string of the molecule is CCCn1ccc(CNc2c(C)ccnc2Cl)c1. The van der Waals surface area contributed by atoms with Crippen LogP contribution in [-0.2, 0) is 13.1 Å². The lowest BCUT2D eigenvalue weighted by atomic mass is 10.2. The summed E-state index contributed by atoms with van der Waals surface area (Å²) >= 11 is 6.07. The third kappa shape index (κ3) is 3.05. The molecule has 3 nitrogen and oxygen atoms in total. The highest BCUT2D eigenvalue weighted by molar-refractivity contribution is 6.32. The third-order valence-electron chi connectivity index (χ3n) is 2.88. The smallest absolute Gasteiger partial charge is 0.152 e. The Labute approximate surface area is 113 Å². The van der Waals surface area contributed by atoms with Crippen molar-refractivity contribution in [2.75, 3.05) is 5.32 Å². The largest absolute Gasteiger partial charge is 0.378 e. The number of hydrogen-bond acceptors (Lipinski definition) is 2. The van der Waals surface area contributed by atoms with Gasteiger partial charge in [0.25, 0.3) is 0 Å². The van der Waals surface area contributed by atoms with E-state index in [0.717, 1.165) is 30.8 Å². The summed E-state index contributed by atoms with van der Waals surface area (Å²) in [6.45, 7) is 6.03. The lowest BCUT2D eigenvalue weighted by molar-refractivity contribution is 0.681. The van der Waals surface area contributed by atoms with Crippen LogP contribution in [0.3, 0.4) is 0 Å². The Hall–Kier alpha value is -1.48. The molecule has 0 spiro atoms. The second-order valence-corrected chi connectivity index (χ2v) is 4.76. The number of aryl methyl sites for hydroxylation is 2. The summed E-state index contributed by atoms with van der Waals surface area (Å²) in [5.74, 6) is 0. The first-order valence-electron chi connectivity index (χ1n) is 6.20. The Bertz CT molecular complexity index is 499. The number of nitrogens with one attached hydrogen (secondary N) is 1. The van der Waals surface area contributed by atoms with Crippen molar-refractivity contribution in [2.24, 2.45) is 0 Å². The van der Waals surface area contributed by atoms with Crippen LogP contribution in [0.5, 0.6) is 0 Å². The molecular formula is C14H18ClN3. The van der Waals surface area contributed by atoms with E-state index < -0.39 is 0 Å². The van der Waals surface area contributed by atoms with Gasteiger partial charge in [0.2, 0.25) is 0 Å². The van der Waals surface area contributed by atoms with E-state index in [4.69, 9.17) is 11.6 Å². The van der Waals surface area contributed by atoms with Gasteiger partial charge >= 0.3 is 0 Å². The molecule has 2 heterocycles. The summed E-state index contributed by atoms with van der Waals surface area (Å²) < 4.78 is 2.20. The lowest BCUT2D eigenvalue weighted by Crippen LogP contribution is -2.02. The molecule has 0 saturated heterocycles. The lowest BCUT2D eigenvalue weighted by Gasteiger charge is -2.09. The number of halogens is 1. The number of aromatic nitrogens is 2. The zero-order valence-electron chi connectivity index (χ0n) is 10.8. The molecule has 0 aliphatic carbocycles. The molecule has 0 fully saturated rings. The molecule has 18 heavy (non-hydrogen) atoms. The van der Waals surface area contributed by atoms with E-state index in [1.54, 1.807) is 6.20 Å². The van der Waals surface area contributed by atoms with Crippen molar-refractivity contribution < 1.29 is 0 Å². The van der Waals surface area contributed by atoms with Crippen LogP contribution >= 0.6 is 11.6 Å². The average Bonchev–Trinajstić information content (AvgIpc) is 2.77. The first-order valence-corrected chi connectivity index (χ1v) is 6.58. The van der Waals surface area contributed by atoms with Crippen molar-refractivity contribution >= 4 is 17.3 Å². The number of pyridine rings is 1. The molecule has 4 heteroatoms. The first-order chi connectivity index (χ1) is 8.70. The van der Waals surface area contributed by atoms with Gasteiger partial charge in [0.15, 0.2) is 5.15 Å². The summed E-state index contributed by atoms with van der Waals surface area (Å²) in [5.41, 5.74) is 3.29. The van der Waals surface area contributed by atoms with Crippen molar-refractivity contribution in [2.45, 2.75) is 33.4 Å². The fourth-order valence-corrected chi connectivity index (χ4v) is 2.19. The van der Waals surface area contributed by atoms with E-state index >= 15 is 0 Å². The summed E-state index contributed by atoms with van der Waals surface area (Å²) in [6, 6.07) is 4.08. The second kappa shape index (κ2) is 5.91. The van der Waals surface area contributed by atoms with E-state index in [9.17, 15) is 0 Å². The molecule has 0 unspecified atom stereocenters. The van der Waals surface area contributed by atoms with Gasteiger partial charge in [-0.3, -0.25) is 0 Å². The monoisotopic (exact) mass is 263 g/mol. The summed E-state index contributed by atoms with van der Waals surface area (Å²) in [6.07, 6.45) is 7.14. The van der Waals surface area contributed by atoms with Gasteiger partial charge in [-0.05, 0) is 36.6 Å². The maximum Gasteiger partial charge on any atom is 0.152 e. The van der Waals surface area contributed by atoms with E-state index in [2.05, 4.69) is 40.3 Å². The Morgan fingerprint density at radius 2 is 2.22 bits per heavy atom. The van der Waals surface area contributed by atoms with Gasteiger partial charge in [-0.2, -0.15) is 0 Å². The molecule has 0 radical (unpaired) electrons. The average molecular weight is 264 g/mol. The summed E-state index contributed by atoms with van der Waals surface area (Å²) in [5, 5.41) is 3.88. The maximum atomic E-state index is 6.07. The molecule has 2 aromatic heterocycles. The van der Waals surface area contributed by atoms with E-state index in [1.165, 1.54) is 5.56 Å². The molecule has 0 aliphatic heterocycles. The van der Waals surface area contributed by atoms with Crippen molar-refractivity contribution in [1.82, 2.24) is 9.55 Å². The van der Waals surface area contributed by atoms with Crippen molar-refractivity contribution in [3.63, 3.8) is 0 Å². The van der Waals surface area contributed by atoms with Crippen molar-refractivity contribution in [1.29, 1.82) is 0 Å². The van der Waals surface area contributed by atoms with Crippen LogP contribution in [0.4, 0.5) is 5.69 Å². The second-order valence-electron chi connectivity index (χ2n) is 4.40. The molecule has 0 amide bonds. The molecule has 0 aromatic carbocycles. The molecule has 0 atom stereocenters. The van der Waals surface area contributed by atoms with Gasteiger partial charge in [-0.15, -0.1) is 0 Å². The Morgan fingerprint density at radius 3 is 2.94 bits per heavy atom. The van der Waals surface area contributed by atoms with Gasteiger partial charge < -0.3 is 9.88 Å². The van der Waals surface area contributed by atoms with Gasteiger partial charge in [-0.25, -0.2) is 4.98 Å². The number of rotatable bonds is 5. The predicted octanol–water partition coefficient (Wildman–Crippen LogP) is 3.87. The van der Waals surface area contributed by atoms with E-state index in [-0.39, 0.29) is 0 Å². The van der Waals surface area contributed by atoms with Crippen LogP contribution in [-0.4, -0.2) is 9.55 Å². The topological polar surface area (TPSA) is 29.9 Å². The first kappa shape index (κ1) is 13.0. The molecule has 96 valence electrons. The minimum atomic E-state index is 0.531. The van der Waals surface area contributed by atoms with Gasteiger partial charge in [-0.1, -0.05) is 18.5 Å². The van der Waals surface area contributed by atoms with Crippen LogP contribution in [0.1, 0.15) is 24.5 Å². The molecule has 0 saturated carbocycles. The minimum absolute atomic E-state index is 0.531. The van der Waals surface area contributed by atoms with Crippen molar-refractivity contribution in [3.8, 4) is 0 Å². The zero-order valence-corrected chi connectivity index (χ0v) is 11.5. The maximum absolute atomic E-state index is 6.07. The predicted molar refractivity (Wildman–Crippen MR) is 76.0 cm³/mol. The number of anilines is 1. The molecular weight excluding hydrogens is 246 g/mol. The number of hydrogen-bond donors (Lipinski definition) is 1. The fraction of sp³-hybridized carbons (Fsp3) is 0.357. The van der Waals surface area contributed by atoms with Crippen molar-refractivity contribution in [3.05, 3.63) is 47.0 Å². The van der Waals surface area contributed by atoms with Crippen LogP contribution in [0.15, 0.2) is 30.7 Å². The third-order valence-corrected chi connectivity index (χ3v) is 3.16. The molecule has 0 aliphatic rings. The molecule has 0 bridgehead atoms. The van der Waals surface area contributed by atoms with Crippen LogP contribution < -0.4 is 5.32 Å². The highest BCUT2D eigenvalue weighted by Gasteiger charge is 2.04. The Kier molecular flexibility index (Phi) is 4.26. The summed E-state index contributed by atoms with van der Waals surface area (Å²) in [4.78, 5) is 4.08. The Morgan fingerprint density at radius 1 is 1.39 bits per heavy atom. The quantitative estimate of drug-likeness (QED) is 0.830. The highest BCUT2D eigenvalue weighted by Crippen LogP contribution is 2.23. The fourth-order valence-electron chi connectivity index (χ4n) is 1.92. The van der Waals surface area contributed by atoms with Gasteiger partial charge in [0, 0.05) is 31.7 Å². The zero-order chi connectivity index (χ0) is 13.0. The molecule has 2 rings (SSSR count).